The molecule has 0 bridgehead atoms. The molecule has 2 aliphatic heterocycles. The first-order chi connectivity index (χ1) is 7.92. The Kier molecular flexibility index (Phi) is 3.46. The Labute approximate surface area is 98.5 Å². The van der Waals surface area contributed by atoms with E-state index in [0.717, 1.165) is 31.2 Å². The predicted molar refractivity (Wildman–Crippen MR) is 64.5 cm³/mol. The second-order valence-electron chi connectivity index (χ2n) is 5.71. The van der Waals surface area contributed by atoms with E-state index in [-0.39, 0.29) is 0 Å². The summed E-state index contributed by atoms with van der Waals surface area (Å²) in [6.45, 7) is 5.78. The van der Waals surface area contributed by atoms with E-state index in [2.05, 4.69) is 10.2 Å². The first-order valence-corrected chi connectivity index (χ1v) is 6.97. The molecule has 0 amide bonds. The van der Waals surface area contributed by atoms with Crippen molar-refractivity contribution >= 4 is 0 Å². The molecule has 0 radical (unpaired) electrons. The molecule has 3 heteroatoms. The molecular formula is C13H24N2O. The second-order valence-corrected chi connectivity index (χ2v) is 5.71. The van der Waals surface area contributed by atoms with Crippen LogP contribution in [0.3, 0.4) is 0 Å². The lowest BCUT2D eigenvalue weighted by molar-refractivity contribution is 0.159. The van der Waals surface area contributed by atoms with Crippen molar-refractivity contribution in [2.45, 2.75) is 44.2 Å². The van der Waals surface area contributed by atoms with E-state index in [1.165, 1.54) is 51.7 Å². The van der Waals surface area contributed by atoms with Crippen LogP contribution in [0, 0.1) is 5.92 Å². The first kappa shape index (κ1) is 11.0. The van der Waals surface area contributed by atoms with Crippen molar-refractivity contribution in [2.24, 2.45) is 5.92 Å². The minimum atomic E-state index is 0.767. The van der Waals surface area contributed by atoms with Crippen LogP contribution in [0.2, 0.25) is 0 Å². The Morgan fingerprint density at radius 2 is 2.06 bits per heavy atom. The molecule has 3 nitrogen and oxygen atoms in total. The molecule has 16 heavy (non-hydrogen) atoms. The van der Waals surface area contributed by atoms with Crippen LogP contribution in [-0.2, 0) is 4.74 Å². The zero-order valence-electron chi connectivity index (χ0n) is 10.2. The van der Waals surface area contributed by atoms with E-state index in [0.29, 0.717) is 0 Å². The van der Waals surface area contributed by atoms with Crippen LogP contribution in [0.25, 0.3) is 0 Å². The Bertz CT molecular complexity index is 200. The predicted octanol–water partition coefficient (Wildman–Crippen LogP) is 1.24. The highest BCUT2D eigenvalue weighted by molar-refractivity contribution is 4.89. The lowest BCUT2D eigenvalue weighted by Crippen LogP contribution is -2.41. The summed E-state index contributed by atoms with van der Waals surface area (Å²) in [5.74, 6) is 0.807. The SMILES string of the molecule is C1CNC(CN(CC2CCOC2)C2CC2)C1. The van der Waals surface area contributed by atoms with Crippen LogP contribution in [-0.4, -0.2) is 49.8 Å². The van der Waals surface area contributed by atoms with E-state index in [1.54, 1.807) is 0 Å². The van der Waals surface area contributed by atoms with Gasteiger partial charge in [-0.3, -0.25) is 4.90 Å². The fourth-order valence-corrected chi connectivity index (χ4v) is 3.07. The molecule has 0 spiro atoms. The molecule has 2 heterocycles. The maximum Gasteiger partial charge on any atom is 0.0507 e. The van der Waals surface area contributed by atoms with Crippen molar-refractivity contribution in [2.75, 3.05) is 32.8 Å². The van der Waals surface area contributed by atoms with Gasteiger partial charge in [-0.1, -0.05) is 0 Å². The van der Waals surface area contributed by atoms with Gasteiger partial charge in [-0.05, 0) is 44.6 Å². The van der Waals surface area contributed by atoms with Gasteiger partial charge in [0.1, 0.15) is 0 Å². The summed E-state index contributed by atoms with van der Waals surface area (Å²) in [5.41, 5.74) is 0. The van der Waals surface area contributed by atoms with Crippen molar-refractivity contribution in [1.29, 1.82) is 0 Å². The molecule has 1 saturated carbocycles. The van der Waals surface area contributed by atoms with Crippen LogP contribution in [0.1, 0.15) is 32.1 Å². The summed E-state index contributed by atoms with van der Waals surface area (Å²) in [6, 6.07) is 1.67. The Hall–Kier alpha value is -0.120. The Balaban J connectivity index is 1.49. The van der Waals surface area contributed by atoms with Crippen LogP contribution in [0.5, 0.6) is 0 Å². The summed E-state index contributed by atoms with van der Waals surface area (Å²) in [6.07, 6.45) is 6.89. The average molecular weight is 224 g/mol. The first-order valence-electron chi connectivity index (χ1n) is 6.97. The largest absolute Gasteiger partial charge is 0.381 e. The molecule has 92 valence electrons. The van der Waals surface area contributed by atoms with Gasteiger partial charge in [0.25, 0.3) is 0 Å². The number of hydrogen-bond acceptors (Lipinski definition) is 3. The summed E-state index contributed by atoms with van der Waals surface area (Å²) < 4.78 is 5.49. The summed E-state index contributed by atoms with van der Waals surface area (Å²) >= 11 is 0. The normalized spacial score (nSPS) is 35.1. The third-order valence-electron chi connectivity index (χ3n) is 4.20. The monoisotopic (exact) mass is 224 g/mol. The third-order valence-corrected chi connectivity index (χ3v) is 4.20. The third kappa shape index (κ3) is 2.76. The number of rotatable bonds is 5. The number of nitrogens with one attached hydrogen (secondary N) is 1. The standard InChI is InChI=1S/C13H24N2O/c1-2-12(14-6-1)9-15(13-3-4-13)8-11-5-7-16-10-11/h11-14H,1-10H2. The van der Waals surface area contributed by atoms with E-state index < -0.39 is 0 Å². The van der Waals surface area contributed by atoms with Gasteiger partial charge in [0, 0.05) is 31.8 Å². The Morgan fingerprint density at radius 1 is 1.12 bits per heavy atom. The molecule has 0 aromatic carbocycles. The second kappa shape index (κ2) is 5.03. The van der Waals surface area contributed by atoms with Gasteiger partial charge in [0.15, 0.2) is 0 Å². The smallest absolute Gasteiger partial charge is 0.0507 e. The van der Waals surface area contributed by atoms with E-state index in [9.17, 15) is 0 Å². The fourth-order valence-electron chi connectivity index (χ4n) is 3.07. The van der Waals surface area contributed by atoms with E-state index in [1.807, 2.05) is 0 Å². The minimum absolute atomic E-state index is 0.767. The zero-order valence-corrected chi connectivity index (χ0v) is 10.2. The summed E-state index contributed by atoms with van der Waals surface area (Å²) in [4.78, 5) is 2.74. The maximum absolute atomic E-state index is 5.49. The number of hydrogen-bond donors (Lipinski definition) is 1. The van der Waals surface area contributed by atoms with Gasteiger partial charge in [0.2, 0.25) is 0 Å². The quantitative estimate of drug-likeness (QED) is 0.760. The molecule has 1 aliphatic carbocycles. The molecule has 3 aliphatic rings. The highest BCUT2D eigenvalue weighted by Gasteiger charge is 2.33. The molecule has 1 N–H and O–H groups in total. The number of nitrogens with zero attached hydrogens (tertiary/aromatic N) is 1. The molecule has 0 aromatic heterocycles. The van der Waals surface area contributed by atoms with Crippen molar-refractivity contribution in [3.63, 3.8) is 0 Å². The van der Waals surface area contributed by atoms with Crippen molar-refractivity contribution < 1.29 is 4.74 Å². The van der Waals surface area contributed by atoms with Crippen molar-refractivity contribution in [3.8, 4) is 0 Å². The highest BCUT2D eigenvalue weighted by atomic mass is 16.5. The number of ether oxygens (including phenoxy) is 1. The maximum atomic E-state index is 5.49. The molecule has 3 fully saturated rings. The van der Waals surface area contributed by atoms with E-state index in [4.69, 9.17) is 4.74 Å². The molecular weight excluding hydrogens is 200 g/mol. The van der Waals surface area contributed by atoms with Gasteiger partial charge in [-0.2, -0.15) is 0 Å². The van der Waals surface area contributed by atoms with Gasteiger partial charge in [-0.15, -0.1) is 0 Å². The summed E-state index contributed by atoms with van der Waals surface area (Å²) in [7, 11) is 0. The highest BCUT2D eigenvalue weighted by Crippen LogP contribution is 2.29. The lowest BCUT2D eigenvalue weighted by Gasteiger charge is -2.27. The van der Waals surface area contributed by atoms with Crippen molar-refractivity contribution in [3.05, 3.63) is 0 Å². The van der Waals surface area contributed by atoms with Crippen LogP contribution < -0.4 is 5.32 Å². The van der Waals surface area contributed by atoms with E-state index >= 15 is 0 Å². The topological polar surface area (TPSA) is 24.5 Å². The Morgan fingerprint density at radius 3 is 2.69 bits per heavy atom. The zero-order chi connectivity index (χ0) is 10.8. The van der Waals surface area contributed by atoms with Crippen molar-refractivity contribution in [1.82, 2.24) is 10.2 Å². The van der Waals surface area contributed by atoms with Gasteiger partial charge in [0.05, 0.1) is 6.61 Å². The van der Waals surface area contributed by atoms with Gasteiger partial charge < -0.3 is 10.1 Å². The van der Waals surface area contributed by atoms with Gasteiger partial charge >= 0.3 is 0 Å². The molecule has 3 rings (SSSR count). The molecule has 2 atom stereocenters. The van der Waals surface area contributed by atoms with Crippen LogP contribution in [0.4, 0.5) is 0 Å². The molecule has 2 unspecified atom stereocenters. The van der Waals surface area contributed by atoms with Crippen LogP contribution >= 0.6 is 0 Å². The molecule has 2 saturated heterocycles. The van der Waals surface area contributed by atoms with Gasteiger partial charge in [-0.25, -0.2) is 0 Å². The minimum Gasteiger partial charge on any atom is -0.381 e. The summed E-state index contributed by atoms with van der Waals surface area (Å²) in [5, 5.41) is 3.62. The van der Waals surface area contributed by atoms with Crippen LogP contribution in [0.15, 0.2) is 0 Å². The average Bonchev–Trinajstić information content (AvgIpc) is 2.79. The molecule has 0 aromatic rings. The fraction of sp³-hybridized carbons (Fsp3) is 1.00. The lowest BCUT2D eigenvalue weighted by atomic mass is 10.1.